The molecule has 1 aliphatic heterocycles. The number of nitrogens with zero attached hydrogens (tertiary/aromatic N) is 2. The molecule has 1 fully saturated rings. The van der Waals surface area contributed by atoms with E-state index < -0.39 is 0 Å². The van der Waals surface area contributed by atoms with Gasteiger partial charge in [-0.2, -0.15) is 0 Å². The van der Waals surface area contributed by atoms with E-state index >= 15 is 0 Å². The van der Waals surface area contributed by atoms with Crippen LogP contribution in [0, 0.1) is 5.92 Å². The molecule has 0 saturated carbocycles. The normalized spacial score (nSPS) is 15.0. The van der Waals surface area contributed by atoms with Gasteiger partial charge in [-0.1, -0.05) is 38.1 Å². The topological polar surface area (TPSA) is 63.7 Å². The van der Waals surface area contributed by atoms with Crippen molar-refractivity contribution >= 4 is 40.2 Å². The van der Waals surface area contributed by atoms with Gasteiger partial charge in [-0.3, -0.25) is 14.7 Å². The van der Waals surface area contributed by atoms with E-state index in [1.165, 1.54) is 0 Å². The lowest BCUT2D eigenvalue weighted by Crippen LogP contribution is -2.33. The minimum absolute atomic E-state index is 0.112. The van der Waals surface area contributed by atoms with E-state index in [0.29, 0.717) is 41.4 Å². The average molecular weight is 448 g/mol. The number of hydrogen-bond acceptors (Lipinski definition) is 5. The van der Waals surface area contributed by atoms with Crippen LogP contribution in [-0.2, 0) is 11.4 Å². The largest absolute Gasteiger partial charge is 0.496 e. The Morgan fingerprint density at radius 1 is 1.16 bits per heavy atom. The van der Waals surface area contributed by atoms with E-state index in [1.54, 1.807) is 24.3 Å². The number of amides is 1. The molecule has 0 spiro atoms. The maximum atomic E-state index is 12.8. The van der Waals surface area contributed by atoms with Gasteiger partial charge in [0.05, 0.1) is 7.11 Å². The molecule has 1 aromatic heterocycles. The third-order valence-electron chi connectivity index (χ3n) is 5.10. The number of fused-ring (bicyclic) bond motifs is 1. The molecule has 3 aromatic rings. The van der Waals surface area contributed by atoms with Crippen LogP contribution in [0.15, 0.2) is 60.4 Å². The number of nitrogens with one attached hydrogen (secondary N) is 1. The average Bonchev–Trinajstić information content (AvgIpc) is 3.04. The Kier molecular flexibility index (Phi) is 6.37. The zero-order chi connectivity index (χ0) is 22.7. The maximum Gasteiger partial charge on any atom is 0.276 e. The summed E-state index contributed by atoms with van der Waals surface area (Å²) in [5.41, 5.74) is 2.99. The number of benzene rings is 2. The summed E-state index contributed by atoms with van der Waals surface area (Å²) in [5.74, 6) is 1.63. The number of thiocarbonyl (C=S) groups is 1. The molecule has 164 valence electrons. The van der Waals surface area contributed by atoms with Crippen LogP contribution in [-0.4, -0.2) is 34.6 Å². The molecule has 32 heavy (non-hydrogen) atoms. The fourth-order valence-electron chi connectivity index (χ4n) is 3.62. The lowest BCUT2D eigenvalue weighted by Gasteiger charge is -2.16. The number of para-hydroxylation sites is 1. The summed E-state index contributed by atoms with van der Waals surface area (Å²) in [6, 6.07) is 15.5. The molecule has 0 aliphatic carbocycles. The highest BCUT2D eigenvalue weighted by Gasteiger charge is 2.30. The molecule has 0 bridgehead atoms. The molecule has 4 rings (SSSR count). The Bertz CT molecular complexity index is 1200. The highest BCUT2D eigenvalue weighted by molar-refractivity contribution is 7.80. The van der Waals surface area contributed by atoms with Gasteiger partial charge in [-0.25, -0.2) is 0 Å². The summed E-state index contributed by atoms with van der Waals surface area (Å²) < 4.78 is 11.6. The second-order valence-electron chi connectivity index (χ2n) is 7.99. The number of methoxy groups -OCH3 is 1. The quantitative estimate of drug-likeness (QED) is 0.424. The van der Waals surface area contributed by atoms with Crippen LogP contribution in [0.5, 0.6) is 11.5 Å². The highest BCUT2D eigenvalue weighted by Crippen LogP contribution is 2.27. The molecule has 7 heteroatoms. The fourth-order valence-corrected chi connectivity index (χ4v) is 3.89. The molecule has 1 aliphatic rings. The molecular weight excluding hydrogens is 422 g/mol. The van der Waals surface area contributed by atoms with Crippen molar-refractivity contribution in [1.29, 1.82) is 0 Å². The summed E-state index contributed by atoms with van der Waals surface area (Å²) in [7, 11) is 1.63. The van der Waals surface area contributed by atoms with Crippen LogP contribution in [0.4, 0.5) is 0 Å². The van der Waals surface area contributed by atoms with Gasteiger partial charge in [0.25, 0.3) is 5.91 Å². The minimum Gasteiger partial charge on any atom is -0.496 e. The molecule has 0 atom stereocenters. The molecule has 1 saturated heterocycles. The van der Waals surface area contributed by atoms with Crippen molar-refractivity contribution in [3.63, 3.8) is 0 Å². The van der Waals surface area contributed by atoms with E-state index in [2.05, 4.69) is 24.1 Å². The zero-order valence-electron chi connectivity index (χ0n) is 18.3. The van der Waals surface area contributed by atoms with Crippen molar-refractivity contribution in [3.8, 4) is 11.5 Å². The van der Waals surface area contributed by atoms with Gasteiger partial charge >= 0.3 is 0 Å². The third-order valence-corrected chi connectivity index (χ3v) is 5.43. The van der Waals surface area contributed by atoms with Gasteiger partial charge in [0.15, 0.2) is 5.11 Å². The lowest BCUT2D eigenvalue weighted by molar-refractivity contribution is -0.122. The number of carbonyl (C=O) groups is 1. The molecule has 0 radical (unpaired) electrons. The first-order chi connectivity index (χ1) is 15.5. The number of ether oxygens (including phenoxy) is 2. The van der Waals surface area contributed by atoms with E-state index in [-0.39, 0.29) is 5.91 Å². The number of pyridine rings is 1. The van der Waals surface area contributed by atoms with E-state index in [4.69, 9.17) is 21.7 Å². The first-order valence-electron chi connectivity index (χ1n) is 10.4. The number of carbonyl (C=O) groups excluding carboxylic acids is 1. The van der Waals surface area contributed by atoms with Crippen molar-refractivity contribution in [2.24, 2.45) is 5.92 Å². The predicted octanol–water partition coefficient (Wildman–Crippen LogP) is 4.54. The standard InChI is InChI=1S/C25H25N3O3S/c1-16(2)14-28-24(29)20(27-25(28)32)13-17-9-10-21(30-3)19(12-17)15-31-22-8-4-6-18-7-5-11-26-23(18)22/h4-13,16H,14-15H2,1-3H3,(H,27,32)/b20-13-. The SMILES string of the molecule is COc1ccc(/C=C2\NC(=S)N(CC(C)C)C2=O)cc1COc1cccc2cccnc12. The molecule has 1 amide bonds. The van der Waals surface area contributed by atoms with E-state index in [0.717, 1.165) is 22.0 Å². The van der Waals surface area contributed by atoms with Crippen molar-refractivity contribution in [2.45, 2.75) is 20.5 Å². The van der Waals surface area contributed by atoms with Crippen LogP contribution in [0.25, 0.3) is 17.0 Å². The van der Waals surface area contributed by atoms with Crippen molar-refractivity contribution in [2.75, 3.05) is 13.7 Å². The van der Waals surface area contributed by atoms with Gasteiger partial charge < -0.3 is 14.8 Å². The van der Waals surface area contributed by atoms with Gasteiger partial charge in [-0.15, -0.1) is 0 Å². The van der Waals surface area contributed by atoms with Crippen molar-refractivity contribution < 1.29 is 14.3 Å². The molecule has 6 nitrogen and oxygen atoms in total. The van der Waals surface area contributed by atoms with Crippen molar-refractivity contribution in [1.82, 2.24) is 15.2 Å². The van der Waals surface area contributed by atoms with Crippen LogP contribution < -0.4 is 14.8 Å². The Morgan fingerprint density at radius 2 is 1.97 bits per heavy atom. The molecular formula is C25H25N3O3S. The second kappa shape index (κ2) is 9.36. The highest BCUT2D eigenvalue weighted by atomic mass is 32.1. The third kappa shape index (κ3) is 4.57. The number of aromatic nitrogens is 1. The van der Waals surface area contributed by atoms with Gasteiger partial charge in [0.2, 0.25) is 0 Å². The lowest BCUT2D eigenvalue weighted by atomic mass is 10.1. The zero-order valence-corrected chi connectivity index (χ0v) is 19.1. The molecule has 0 unspecified atom stereocenters. The Morgan fingerprint density at radius 3 is 2.75 bits per heavy atom. The maximum absolute atomic E-state index is 12.8. The number of rotatable bonds is 7. The minimum atomic E-state index is -0.112. The summed E-state index contributed by atoms with van der Waals surface area (Å²) in [5, 5.41) is 4.49. The van der Waals surface area contributed by atoms with E-state index in [1.807, 2.05) is 48.5 Å². The molecule has 2 aromatic carbocycles. The fraction of sp³-hybridized carbons (Fsp3) is 0.240. The Balaban J connectivity index is 1.57. The second-order valence-corrected chi connectivity index (χ2v) is 8.38. The van der Waals surface area contributed by atoms with Crippen LogP contribution in [0.1, 0.15) is 25.0 Å². The first kappa shape index (κ1) is 21.8. The smallest absolute Gasteiger partial charge is 0.276 e. The molecule has 1 N–H and O–H groups in total. The van der Waals surface area contributed by atoms with Crippen molar-refractivity contribution in [3.05, 3.63) is 71.6 Å². The van der Waals surface area contributed by atoms with Crippen LogP contribution in [0.3, 0.4) is 0 Å². The van der Waals surface area contributed by atoms with E-state index in [9.17, 15) is 4.79 Å². The number of hydrogen-bond donors (Lipinski definition) is 1. The monoisotopic (exact) mass is 447 g/mol. The van der Waals surface area contributed by atoms with Gasteiger partial charge in [0.1, 0.15) is 29.3 Å². The molecule has 2 heterocycles. The first-order valence-corrected chi connectivity index (χ1v) is 10.8. The summed E-state index contributed by atoms with van der Waals surface area (Å²) in [6.45, 7) is 5.00. The Labute approximate surface area is 192 Å². The summed E-state index contributed by atoms with van der Waals surface area (Å²) in [6.07, 6.45) is 3.55. The summed E-state index contributed by atoms with van der Waals surface area (Å²) in [4.78, 5) is 18.8. The van der Waals surface area contributed by atoms with Gasteiger partial charge in [-0.05, 0) is 54.0 Å². The Hall–Kier alpha value is -3.45. The van der Waals surface area contributed by atoms with Crippen LogP contribution >= 0.6 is 12.2 Å². The van der Waals surface area contributed by atoms with Gasteiger partial charge in [0, 0.05) is 23.7 Å². The van der Waals surface area contributed by atoms with Crippen LogP contribution in [0.2, 0.25) is 0 Å². The predicted molar refractivity (Wildman–Crippen MR) is 129 cm³/mol. The summed E-state index contributed by atoms with van der Waals surface area (Å²) >= 11 is 5.34.